The van der Waals surface area contributed by atoms with Crippen LogP contribution in [0.2, 0.25) is 0 Å². The Morgan fingerprint density at radius 3 is 2.33 bits per heavy atom. The maximum Gasteiger partial charge on any atom is 2.00 e. The summed E-state index contributed by atoms with van der Waals surface area (Å²) >= 11 is 4.81. The molecule has 66 valence electrons. The quantitative estimate of drug-likeness (QED) is 0.329. The van der Waals surface area contributed by atoms with Crippen LogP contribution in [0.25, 0.3) is 0 Å². The van der Waals surface area contributed by atoms with Gasteiger partial charge in [0.15, 0.2) is 17.8 Å². The third-order valence-electron chi connectivity index (χ3n) is 1.21. The van der Waals surface area contributed by atoms with Crippen LogP contribution in [-0.4, -0.2) is 34.4 Å². The molecule has 0 fully saturated rings. The first-order chi connectivity index (χ1) is 4.93. The van der Waals surface area contributed by atoms with Crippen molar-refractivity contribution in [1.29, 1.82) is 0 Å². The molecule has 2 unspecified atom stereocenters. The van der Waals surface area contributed by atoms with Crippen LogP contribution < -0.4 is 0 Å². The summed E-state index contributed by atoms with van der Waals surface area (Å²) in [5, 5.41) is -2.96. The van der Waals surface area contributed by atoms with E-state index in [-0.39, 0.29) is 38.1 Å². The van der Waals surface area contributed by atoms with Gasteiger partial charge in [0.1, 0.15) is 0 Å². The molecule has 0 saturated heterocycles. The molecule has 2 atom stereocenters. The fourth-order valence-electron chi connectivity index (χ4n) is 0.637. The van der Waals surface area contributed by atoms with Crippen molar-refractivity contribution in [3.05, 3.63) is 23.8 Å². The molecule has 0 radical (unpaired) electrons. The average molecular weight is 213 g/mol. The van der Waals surface area contributed by atoms with Crippen molar-refractivity contribution in [3.8, 4) is 0 Å². The summed E-state index contributed by atoms with van der Waals surface area (Å²) in [5.41, 5.74) is 0. The predicted molar refractivity (Wildman–Crippen MR) is 40.9 cm³/mol. The van der Waals surface area contributed by atoms with Gasteiger partial charge < -0.3 is 2.85 Å². The van der Waals surface area contributed by atoms with Crippen molar-refractivity contribution < 1.29 is 20.4 Å². The van der Waals surface area contributed by atoms with Crippen LogP contribution in [0.15, 0.2) is 23.8 Å². The first kappa shape index (κ1) is 12.3. The zero-order valence-electron chi connectivity index (χ0n) is 7.83. The Morgan fingerprint density at radius 1 is 1.42 bits per heavy atom. The molecule has 0 aromatic rings. The fourth-order valence-corrected chi connectivity index (χ4v) is 0.795. The minimum absolute atomic E-state index is 0. The first-order valence-electron chi connectivity index (χ1n) is 2.71. The van der Waals surface area contributed by atoms with E-state index in [9.17, 15) is 17.6 Å². The molecule has 0 spiro atoms. The summed E-state index contributed by atoms with van der Waals surface area (Å²) < 4.78 is 49.2. The van der Waals surface area contributed by atoms with E-state index in [1.165, 1.54) is 0 Å². The number of rotatable bonds is 0. The molecule has 0 nitrogen and oxygen atoms in total. The zero-order valence-corrected chi connectivity index (χ0v) is 8.00. The van der Waals surface area contributed by atoms with Gasteiger partial charge in [0.05, 0.1) is 0 Å². The summed E-state index contributed by atoms with van der Waals surface area (Å²) in [5.74, 6) is -2.90. The molecule has 0 amide bonds. The Bertz CT molecular complexity index is 244. The molecular formula is C6H5ClF4Mg. The van der Waals surface area contributed by atoms with Gasteiger partial charge in [-0.2, -0.15) is 0 Å². The van der Waals surface area contributed by atoms with Crippen LogP contribution in [0.5, 0.6) is 0 Å². The van der Waals surface area contributed by atoms with Gasteiger partial charge in [-0.1, -0.05) is 11.6 Å². The normalized spacial score (nSPS) is 34.9. The molecular weight excluding hydrogens is 208 g/mol. The molecule has 0 aliphatic heterocycles. The van der Waals surface area contributed by atoms with Gasteiger partial charge >= 0.3 is 23.1 Å². The number of hydrogen-bond donors (Lipinski definition) is 0. The smallest absolute Gasteiger partial charge is 1.00 e. The molecule has 1 aliphatic rings. The molecule has 0 aromatic carbocycles. The van der Waals surface area contributed by atoms with E-state index in [1.54, 1.807) is 0 Å². The summed E-state index contributed by atoms with van der Waals surface area (Å²) in [6, 6.07) is 0. The summed E-state index contributed by atoms with van der Waals surface area (Å²) in [7, 11) is 0. The second-order valence-corrected chi connectivity index (χ2v) is 2.66. The van der Waals surface area contributed by atoms with Gasteiger partial charge in [0.25, 0.3) is 0 Å². The van der Waals surface area contributed by atoms with Crippen molar-refractivity contribution in [2.75, 3.05) is 0 Å². The largest absolute Gasteiger partial charge is 2.00 e. The van der Waals surface area contributed by atoms with Crippen LogP contribution >= 0.6 is 11.6 Å². The van der Waals surface area contributed by atoms with E-state index in [1.807, 2.05) is 0 Å². The van der Waals surface area contributed by atoms with Gasteiger partial charge in [-0.25, -0.2) is 17.6 Å². The topological polar surface area (TPSA) is 0 Å². The minimum Gasteiger partial charge on any atom is -1.00 e. The Balaban J connectivity index is -0.000000403. The summed E-state index contributed by atoms with van der Waals surface area (Å²) in [6.07, 6.45) is -2.12. The van der Waals surface area contributed by atoms with Crippen LogP contribution in [0.4, 0.5) is 17.6 Å². The first-order valence-corrected chi connectivity index (χ1v) is 3.09. The zero-order chi connectivity index (χ0) is 8.65. The van der Waals surface area contributed by atoms with Crippen molar-refractivity contribution >= 4 is 34.7 Å². The third-order valence-corrected chi connectivity index (χ3v) is 1.53. The standard InChI is InChI=1S/C6H3ClF4.Mg.2H/c7-6(11)2-4(9)3(8)1-5(6)10;;;/h1-2,5H;;;/q;+2;2*-1. The van der Waals surface area contributed by atoms with Crippen molar-refractivity contribution in [2.45, 2.75) is 11.3 Å². The van der Waals surface area contributed by atoms with E-state index >= 15 is 0 Å². The fraction of sp³-hybridized carbons (Fsp3) is 0.333. The predicted octanol–water partition coefficient (Wildman–Crippen LogP) is 2.79. The van der Waals surface area contributed by atoms with E-state index in [0.29, 0.717) is 0 Å². The minimum atomic E-state index is -2.96. The van der Waals surface area contributed by atoms with Gasteiger partial charge in [-0.15, -0.1) is 0 Å². The second kappa shape index (κ2) is 3.98. The number of halogens is 5. The molecule has 1 rings (SSSR count). The number of hydrogen-bond acceptors (Lipinski definition) is 0. The van der Waals surface area contributed by atoms with Crippen LogP contribution in [0, 0.1) is 0 Å². The number of alkyl halides is 3. The SMILES string of the molecule is FC1=CC(F)C(F)(Cl)C=C1F.[H-].[H-].[Mg+2]. The molecule has 0 aromatic heterocycles. The van der Waals surface area contributed by atoms with E-state index in [0.717, 1.165) is 0 Å². The maximum atomic E-state index is 12.6. The molecule has 6 heteroatoms. The maximum absolute atomic E-state index is 12.6. The summed E-state index contributed by atoms with van der Waals surface area (Å²) in [4.78, 5) is 0. The molecule has 0 N–H and O–H groups in total. The van der Waals surface area contributed by atoms with Gasteiger partial charge in [0.2, 0.25) is 5.13 Å². The monoisotopic (exact) mass is 212 g/mol. The van der Waals surface area contributed by atoms with Gasteiger partial charge in [-0.05, 0) is 6.08 Å². The Labute approximate surface area is 90.4 Å². The van der Waals surface area contributed by atoms with E-state index < -0.39 is 23.0 Å². The summed E-state index contributed by atoms with van der Waals surface area (Å²) in [6.45, 7) is 0. The van der Waals surface area contributed by atoms with Crippen LogP contribution in [0.1, 0.15) is 2.85 Å². The van der Waals surface area contributed by atoms with Crippen LogP contribution in [-0.2, 0) is 0 Å². The van der Waals surface area contributed by atoms with Crippen molar-refractivity contribution in [1.82, 2.24) is 0 Å². The van der Waals surface area contributed by atoms with Crippen LogP contribution in [0.3, 0.4) is 0 Å². The molecule has 0 heterocycles. The molecule has 12 heavy (non-hydrogen) atoms. The molecule has 1 aliphatic carbocycles. The Morgan fingerprint density at radius 2 is 1.92 bits per heavy atom. The molecule has 0 bridgehead atoms. The molecule has 0 saturated carbocycles. The third kappa shape index (κ3) is 2.37. The van der Waals surface area contributed by atoms with Crippen molar-refractivity contribution in [2.24, 2.45) is 0 Å². The Kier molecular flexibility index (Phi) is 4.06. The van der Waals surface area contributed by atoms with E-state index in [2.05, 4.69) is 0 Å². The van der Waals surface area contributed by atoms with E-state index in [4.69, 9.17) is 11.6 Å². The second-order valence-electron chi connectivity index (χ2n) is 2.08. The average Bonchev–Trinajstić information content (AvgIpc) is 1.83. The van der Waals surface area contributed by atoms with Gasteiger partial charge in [-0.3, -0.25) is 0 Å². The Hall–Kier alpha value is 0.256. The van der Waals surface area contributed by atoms with Crippen molar-refractivity contribution in [3.63, 3.8) is 0 Å². The number of allylic oxidation sites excluding steroid dienone is 4. The van der Waals surface area contributed by atoms with Gasteiger partial charge in [0, 0.05) is 6.08 Å².